The van der Waals surface area contributed by atoms with Crippen LogP contribution in [0.1, 0.15) is 52.7 Å². The summed E-state index contributed by atoms with van der Waals surface area (Å²) in [6, 6.07) is 14.7. The molecule has 2 aromatic rings. The molecule has 2 aromatic carbocycles. The average molecular weight is 492 g/mol. The minimum absolute atomic E-state index is 0.0388. The third-order valence-corrected chi connectivity index (χ3v) is 6.56. The Morgan fingerprint density at radius 2 is 1.55 bits per heavy atom. The second-order valence-electron chi connectivity index (χ2n) is 9.24. The molecule has 0 saturated heterocycles. The topological polar surface area (TPSA) is 78.7 Å². The van der Waals surface area contributed by atoms with E-state index in [9.17, 15) is 14.9 Å². The average Bonchev–Trinajstić information content (AvgIpc) is 2.64. The van der Waals surface area contributed by atoms with E-state index in [1.807, 2.05) is 71.9 Å². The predicted octanol–water partition coefficient (Wildman–Crippen LogP) is 4.19. The molecule has 0 bridgehead atoms. The van der Waals surface area contributed by atoms with E-state index in [0.717, 1.165) is 15.6 Å². The second-order valence-corrected chi connectivity index (χ2v) is 11.4. The van der Waals surface area contributed by atoms with Gasteiger partial charge >= 0.3 is 191 Å². The van der Waals surface area contributed by atoms with Crippen LogP contribution in [-0.2, 0) is 26.0 Å². The number of ether oxygens (including phenoxy) is 2. The summed E-state index contributed by atoms with van der Waals surface area (Å²) in [5, 5.41) is 11.9. The number of hydrogen-bond acceptors (Lipinski definition) is 5. The number of benzene rings is 2. The molecule has 2 rings (SSSR count). The van der Waals surface area contributed by atoms with E-state index in [0.29, 0.717) is 11.7 Å². The Morgan fingerprint density at radius 1 is 0.968 bits per heavy atom. The molecule has 7 heteroatoms. The molecule has 0 spiro atoms. The number of carbonyl (C=O) groups excluding carboxylic acids is 1. The van der Waals surface area contributed by atoms with Crippen molar-refractivity contribution in [3.8, 4) is 0 Å². The molecule has 6 nitrogen and oxygen atoms in total. The van der Waals surface area contributed by atoms with Crippen molar-refractivity contribution in [2.24, 2.45) is 0 Å². The number of nitro groups is 1. The third kappa shape index (κ3) is 8.44. The zero-order valence-electron chi connectivity index (χ0n) is 19.0. The maximum atomic E-state index is 12.8. The first kappa shape index (κ1) is 25.1. The van der Waals surface area contributed by atoms with Crippen molar-refractivity contribution in [2.45, 2.75) is 70.6 Å². The molecule has 31 heavy (non-hydrogen) atoms. The predicted molar refractivity (Wildman–Crippen MR) is 123 cm³/mol. The van der Waals surface area contributed by atoms with Gasteiger partial charge in [0, 0.05) is 0 Å². The quantitative estimate of drug-likeness (QED) is 0.239. The van der Waals surface area contributed by atoms with Crippen molar-refractivity contribution >= 4 is 31.1 Å². The molecule has 0 aliphatic rings. The first-order valence-electron chi connectivity index (χ1n) is 10.2. The van der Waals surface area contributed by atoms with Crippen LogP contribution in [0.5, 0.6) is 0 Å². The van der Waals surface area contributed by atoms with Crippen LogP contribution < -0.4 is 4.46 Å². The van der Waals surface area contributed by atoms with E-state index in [1.54, 1.807) is 12.1 Å². The molecule has 0 aliphatic heterocycles. The molecule has 1 atom stereocenters. The number of nitrogens with zero attached hydrogens (tertiary/aromatic N) is 1. The number of nitro benzene ring substituents is 1. The van der Waals surface area contributed by atoms with Gasteiger partial charge in [0.2, 0.25) is 0 Å². The van der Waals surface area contributed by atoms with E-state index in [4.69, 9.17) is 9.47 Å². The fourth-order valence-electron chi connectivity index (χ4n) is 2.95. The van der Waals surface area contributed by atoms with Gasteiger partial charge in [-0.15, -0.1) is 0 Å². The van der Waals surface area contributed by atoms with Gasteiger partial charge in [-0.1, -0.05) is 0 Å². The van der Waals surface area contributed by atoms with E-state index in [2.05, 4.69) is 0 Å². The van der Waals surface area contributed by atoms with Gasteiger partial charge in [0.1, 0.15) is 0 Å². The Kier molecular flexibility index (Phi) is 8.41. The molecule has 0 amide bonds. The van der Waals surface area contributed by atoms with Crippen LogP contribution in [0.4, 0.5) is 5.69 Å². The van der Waals surface area contributed by atoms with Crippen LogP contribution in [0.3, 0.4) is 0 Å². The van der Waals surface area contributed by atoms with E-state index in [1.165, 1.54) is 6.07 Å². The number of carbonyl (C=O) groups is 1. The van der Waals surface area contributed by atoms with Crippen molar-refractivity contribution in [3.05, 3.63) is 69.8 Å². The molecule has 168 valence electrons. The van der Waals surface area contributed by atoms with E-state index < -0.39 is 17.3 Å². The SMILES string of the molecule is CC(C)(C)OC(=O)[C@H](Cc1ccccc1[Se]Cc1ccccc1[N+](=O)[O-])OC(C)(C)C. The summed E-state index contributed by atoms with van der Waals surface area (Å²) in [6.45, 7) is 11.2. The minimum atomic E-state index is -0.734. The number of hydrogen-bond donors (Lipinski definition) is 0. The van der Waals surface area contributed by atoms with Gasteiger partial charge in [-0.05, 0) is 0 Å². The number of esters is 1. The molecule has 0 aromatic heterocycles. The molecular weight excluding hydrogens is 461 g/mol. The van der Waals surface area contributed by atoms with Gasteiger partial charge in [0.05, 0.1) is 0 Å². The fraction of sp³-hybridized carbons (Fsp3) is 0.458. The molecule has 0 unspecified atom stereocenters. The Balaban J connectivity index is 2.24. The van der Waals surface area contributed by atoms with Gasteiger partial charge < -0.3 is 0 Å². The Hall–Kier alpha value is -2.21. The van der Waals surface area contributed by atoms with Crippen molar-refractivity contribution in [1.29, 1.82) is 0 Å². The van der Waals surface area contributed by atoms with E-state index >= 15 is 0 Å². The van der Waals surface area contributed by atoms with Crippen LogP contribution in [0.25, 0.3) is 0 Å². The van der Waals surface area contributed by atoms with Gasteiger partial charge in [0.25, 0.3) is 0 Å². The van der Waals surface area contributed by atoms with Gasteiger partial charge in [-0.2, -0.15) is 0 Å². The number of para-hydroxylation sites is 1. The van der Waals surface area contributed by atoms with Gasteiger partial charge in [-0.25, -0.2) is 0 Å². The van der Waals surface area contributed by atoms with Crippen LogP contribution in [-0.4, -0.2) is 43.2 Å². The van der Waals surface area contributed by atoms with Gasteiger partial charge in [-0.3, -0.25) is 0 Å². The summed E-state index contributed by atoms with van der Waals surface area (Å²) in [5.41, 5.74) is 0.751. The third-order valence-electron chi connectivity index (χ3n) is 4.11. The fourth-order valence-corrected chi connectivity index (χ4v) is 5.18. The summed E-state index contributed by atoms with van der Waals surface area (Å²) < 4.78 is 12.8. The molecule has 0 N–H and O–H groups in total. The molecule has 0 heterocycles. The van der Waals surface area contributed by atoms with Crippen LogP contribution in [0, 0.1) is 10.1 Å². The van der Waals surface area contributed by atoms with Crippen LogP contribution in [0.15, 0.2) is 48.5 Å². The van der Waals surface area contributed by atoms with E-state index in [-0.39, 0.29) is 31.5 Å². The molecule has 0 aliphatic carbocycles. The van der Waals surface area contributed by atoms with Gasteiger partial charge in [0.15, 0.2) is 0 Å². The molecule has 0 radical (unpaired) electrons. The van der Waals surface area contributed by atoms with Crippen molar-refractivity contribution in [3.63, 3.8) is 0 Å². The van der Waals surface area contributed by atoms with Crippen molar-refractivity contribution in [1.82, 2.24) is 0 Å². The van der Waals surface area contributed by atoms with Crippen LogP contribution >= 0.6 is 0 Å². The first-order valence-corrected chi connectivity index (χ1v) is 12.3. The summed E-state index contributed by atoms with van der Waals surface area (Å²) in [7, 11) is 0. The Labute approximate surface area is 190 Å². The van der Waals surface area contributed by atoms with Crippen molar-refractivity contribution < 1.29 is 19.2 Å². The zero-order valence-corrected chi connectivity index (χ0v) is 20.7. The summed E-state index contributed by atoms with van der Waals surface area (Å²) in [5.74, 6) is -0.386. The first-order chi connectivity index (χ1) is 14.4. The molecule has 0 saturated carbocycles. The number of rotatable bonds is 8. The zero-order chi connectivity index (χ0) is 23.2. The standard InChI is InChI=1S/C24H31NO5Se/c1-23(2,3)29-20(22(26)30-24(4,5)6)15-17-11-8-10-14-21(17)31-16-18-12-7-9-13-19(18)25(27)28/h7-14,20H,15-16H2,1-6H3/t20-/m0/s1. The summed E-state index contributed by atoms with van der Waals surface area (Å²) >= 11 is -0.0388. The van der Waals surface area contributed by atoms with Crippen molar-refractivity contribution in [2.75, 3.05) is 0 Å². The molecular formula is C24H31NO5Se. The summed E-state index contributed by atoms with van der Waals surface area (Å²) in [4.78, 5) is 23.8. The maximum absolute atomic E-state index is 12.8. The van der Waals surface area contributed by atoms with Crippen LogP contribution in [0.2, 0.25) is 0 Å². The normalized spacial score (nSPS) is 13.0. The molecule has 0 fully saturated rings. The second kappa shape index (κ2) is 10.4. The Morgan fingerprint density at radius 3 is 2.13 bits per heavy atom. The monoisotopic (exact) mass is 493 g/mol. The Bertz CT molecular complexity index is 915. The summed E-state index contributed by atoms with van der Waals surface area (Å²) in [6.07, 6.45) is -0.344.